The van der Waals surface area contributed by atoms with Crippen molar-refractivity contribution in [3.8, 4) is 5.75 Å². The Hall–Kier alpha value is -1.25. The molecule has 3 heteroatoms. The van der Waals surface area contributed by atoms with Crippen LogP contribution >= 0.6 is 0 Å². The summed E-state index contributed by atoms with van der Waals surface area (Å²) in [6.07, 6.45) is 4.84. The molecule has 2 rings (SSSR count). The van der Waals surface area contributed by atoms with Gasteiger partial charge in [-0.3, -0.25) is 0 Å². The van der Waals surface area contributed by atoms with Gasteiger partial charge in [0.15, 0.2) is 0 Å². The first-order chi connectivity index (χ1) is 6.27. The third kappa shape index (κ3) is 1.59. The first-order valence-electron chi connectivity index (χ1n) is 4.62. The van der Waals surface area contributed by atoms with Crippen LogP contribution in [0, 0.1) is 0 Å². The quantitative estimate of drug-likeness (QED) is 0.617. The van der Waals surface area contributed by atoms with Gasteiger partial charge in [-0.05, 0) is 19.3 Å². The van der Waals surface area contributed by atoms with Gasteiger partial charge >= 0.3 is 5.63 Å². The van der Waals surface area contributed by atoms with Gasteiger partial charge in [-0.1, -0.05) is 6.42 Å². The molecule has 13 heavy (non-hydrogen) atoms. The van der Waals surface area contributed by atoms with Crippen LogP contribution in [0.2, 0.25) is 0 Å². The SMILES string of the molecule is O=c1cc(O)c2c(o1)CCCCC2. The van der Waals surface area contributed by atoms with Crippen molar-refractivity contribution in [1.82, 2.24) is 0 Å². The maximum atomic E-state index is 10.9. The van der Waals surface area contributed by atoms with Gasteiger partial charge in [-0.2, -0.15) is 0 Å². The molecule has 0 bridgehead atoms. The average Bonchev–Trinajstić information content (AvgIpc) is 2.28. The summed E-state index contributed by atoms with van der Waals surface area (Å²) in [4.78, 5) is 10.9. The van der Waals surface area contributed by atoms with Crippen LogP contribution in [0.3, 0.4) is 0 Å². The minimum Gasteiger partial charge on any atom is -0.507 e. The number of rotatable bonds is 0. The summed E-state index contributed by atoms with van der Waals surface area (Å²) < 4.78 is 5.04. The molecule has 0 saturated heterocycles. The third-order valence-corrected chi connectivity index (χ3v) is 2.45. The van der Waals surface area contributed by atoms with E-state index < -0.39 is 5.63 Å². The molecule has 0 aliphatic heterocycles. The molecule has 0 atom stereocenters. The van der Waals surface area contributed by atoms with Gasteiger partial charge in [0, 0.05) is 12.0 Å². The number of hydrogen-bond acceptors (Lipinski definition) is 3. The molecule has 0 spiro atoms. The Labute approximate surface area is 76.0 Å². The molecule has 1 heterocycles. The summed E-state index contributed by atoms with van der Waals surface area (Å²) in [5.41, 5.74) is 0.384. The molecular weight excluding hydrogens is 168 g/mol. The Bertz CT molecular complexity index is 365. The molecule has 0 amide bonds. The summed E-state index contributed by atoms with van der Waals surface area (Å²) in [6, 6.07) is 1.16. The highest BCUT2D eigenvalue weighted by molar-refractivity contribution is 5.33. The lowest BCUT2D eigenvalue weighted by atomic mass is 10.1. The maximum Gasteiger partial charge on any atom is 0.339 e. The van der Waals surface area contributed by atoms with E-state index in [1.54, 1.807) is 0 Å². The second kappa shape index (κ2) is 3.24. The molecule has 1 aromatic rings. The molecule has 1 aliphatic rings. The van der Waals surface area contributed by atoms with Crippen molar-refractivity contribution in [3.05, 3.63) is 27.8 Å². The summed E-state index contributed by atoms with van der Waals surface area (Å²) in [6.45, 7) is 0. The predicted molar refractivity (Wildman–Crippen MR) is 47.9 cm³/mol. The van der Waals surface area contributed by atoms with Gasteiger partial charge in [-0.15, -0.1) is 0 Å². The molecule has 0 aromatic carbocycles. The van der Waals surface area contributed by atoms with E-state index in [1.165, 1.54) is 0 Å². The van der Waals surface area contributed by atoms with E-state index in [0.29, 0.717) is 5.76 Å². The van der Waals surface area contributed by atoms with Crippen molar-refractivity contribution >= 4 is 0 Å². The normalized spacial score (nSPS) is 16.3. The van der Waals surface area contributed by atoms with E-state index in [2.05, 4.69) is 0 Å². The zero-order valence-electron chi connectivity index (χ0n) is 7.38. The highest BCUT2D eigenvalue weighted by Crippen LogP contribution is 2.25. The third-order valence-electron chi connectivity index (χ3n) is 2.45. The highest BCUT2D eigenvalue weighted by atomic mass is 16.4. The van der Waals surface area contributed by atoms with Crippen molar-refractivity contribution in [2.45, 2.75) is 32.1 Å². The molecule has 1 aliphatic carbocycles. The fourth-order valence-corrected chi connectivity index (χ4v) is 1.79. The fourth-order valence-electron chi connectivity index (χ4n) is 1.79. The van der Waals surface area contributed by atoms with Crippen molar-refractivity contribution in [3.63, 3.8) is 0 Å². The lowest BCUT2D eigenvalue weighted by Gasteiger charge is -2.04. The average molecular weight is 180 g/mol. The number of aromatic hydroxyl groups is 1. The summed E-state index contributed by atoms with van der Waals surface area (Å²) in [7, 11) is 0. The van der Waals surface area contributed by atoms with Crippen LogP contribution in [-0.2, 0) is 12.8 Å². The van der Waals surface area contributed by atoms with Gasteiger partial charge in [0.2, 0.25) is 0 Å². The zero-order valence-corrected chi connectivity index (χ0v) is 7.38. The minimum absolute atomic E-state index is 0.105. The van der Waals surface area contributed by atoms with E-state index in [4.69, 9.17) is 4.42 Å². The van der Waals surface area contributed by atoms with Crippen LogP contribution in [0.5, 0.6) is 5.75 Å². The smallest absolute Gasteiger partial charge is 0.339 e. The van der Waals surface area contributed by atoms with Crippen LogP contribution in [0.25, 0.3) is 0 Å². The molecule has 1 N–H and O–H groups in total. The lowest BCUT2D eigenvalue weighted by Crippen LogP contribution is -2.02. The van der Waals surface area contributed by atoms with Gasteiger partial charge in [0.25, 0.3) is 0 Å². The largest absolute Gasteiger partial charge is 0.507 e. The van der Waals surface area contributed by atoms with Gasteiger partial charge in [0.1, 0.15) is 11.5 Å². The minimum atomic E-state index is -0.446. The van der Waals surface area contributed by atoms with E-state index in [1.807, 2.05) is 0 Å². The fraction of sp³-hybridized carbons (Fsp3) is 0.500. The van der Waals surface area contributed by atoms with Crippen molar-refractivity contribution < 1.29 is 9.52 Å². The molecule has 0 saturated carbocycles. The molecule has 3 nitrogen and oxygen atoms in total. The van der Waals surface area contributed by atoms with Gasteiger partial charge in [-0.25, -0.2) is 4.79 Å². The molecule has 0 unspecified atom stereocenters. The van der Waals surface area contributed by atoms with Crippen molar-refractivity contribution in [1.29, 1.82) is 0 Å². The van der Waals surface area contributed by atoms with Crippen LogP contribution in [0.4, 0.5) is 0 Å². The first-order valence-corrected chi connectivity index (χ1v) is 4.62. The van der Waals surface area contributed by atoms with E-state index >= 15 is 0 Å². The van der Waals surface area contributed by atoms with Crippen LogP contribution in [-0.4, -0.2) is 5.11 Å². The predicted octanol–water partition coefficient (Wildman–Crippen LogP) is 1.61. The van der Waals surface area contributed by atoms with Crippen molar-refractivity contribution in [2.75, 3.05) is 0 Å². The van der Waals surface area contributed by atoms with Crippen LogP contribution in [0.15, 0.2) is 15.3 Å². The molecule has 0 fully saturated rings. The van der Waals surface area contributed by atoms with Crippen molar-refractivity contribution in [2.24, 2.45) is 0 Å². The summed E-state index contributed by atoms with van der Waals surface area (Å²) >= 11 is 0. The first kappa shape index (κ1) is 8.35. The monoisotopic (exact) mass is 180 g/mol. The summed E-state index contributed by atoms with van der Waals surface area (Å²) in [5, 5.41) is 9.50. The van der Waals surface area contributed by atoms with E-state index in [9.17, 15) is 9.90 Å². The standard InChI is InChI=1S/C10H12O3/c11-8-6-10(12)13-9-5-3-1-2-4-7(8)9/h6,11H,1-5H2. The molecule has 0 radical (unpaired) electrons. The van der Waals surface area contributed by atoms with Crippen LogP contribution < -0.4 is 5.63 Å². The Kier molecular flexibility index (Phi) is 2.08. The molecular formula is C10H12O3. The lowest BCUT2D eigenvalue weighted by molar-refractivity contribution is 0.415. The Morgan fingerprint density at radius 3 is 2.85 bits per heavy atom. The van der Waals surface area contributed by atoms with Gasteiger partial charge in [0.05, 0.1) is 6.07 Å². The van der Waals surface area contributed by atoms with Crippen LogP contribution in [0.1, 0.15) is 30.6 Å². The molecule has 1 aromatic heterocycles. The molecule has 70 valence electrons. The topological polar surface area (TPSA) is 50.4 Å². The Balaban J connectivity index is 2.53. The van der Waals surface area contributed by atoms with Gasteiger partial charge < -0.3 is 9.52 Å². The van der Waals surface area contributed by atoms with E-state index in [-0.39, 0.29) is 5.75 Å². The Morgan fingerprint density at radius 2 is 2.00 bits per heavy atom. The highest BCUT2D eigenvalue weighted by Gasteiger charge is 2.14. The number of hydrogen-bond donors (Lipinski definition) is 1. The number of fused-ring (bicyclic) bond motifs is 1. The zero-order chi connectivity index (χ0) is 9.26. The maximum absolute atomic E-state index is 10.9. The summed E-state index contributed by atoms with van der Waals surface area (Å²) in [5.74, 6) is 0.788. The second-order valence-corrected chi connectivity index (χ2v) is 3.41. The van der Waals surface area contributed by atoms with E-state index in [0.717, 1.165) is 43.7 Å². The number of aryl methyl sites for hydroxylation is 1. The second-order valence-electron chi connectivity index (χ2n) is 3.41. The Morgan fingerprint density at radius 1 is 1.23 bits per heavy atom.